The van der Waals surface area contributed by atoms with E-state index in [0.717, 1.165) is 5.56 Å². The third kappa shape index (κ3) is 5.25. The summed E-state index contributed by atoms with van der Waals surface area (Å²) in [5.74, 6) is 0.0995. The molecule has 18 heavy (non-hydrogen) atoms. The van der Waals surface area contributed by atoms with Crippen molar-refractivity contribution in [2.75, 3.05) is 13.6 Å². The molecule has 102 valence electrons. The van der Waals surface area contributed by atoms with Crippen LogP contribution >= 0.6 is 24.0 Å². The van der Waals surface area contributed by atoms with Crippen LogP contribution in [0.25, 0.3) is 0 Å². The standard InChI is InChI=1S/C13H19ClN2O.ClH/c1-10(2)16(13(17)8-15-3)9-11-5-4-6-12(14)7-11;/h4-7,10,15H,8-9H2,1-3H3;1H. The summed E-state index contributed by atoms with van der Waals surface area (Å²) < 4.78 is 0. The largest absolute Gasteiger partial charge is 0.335 e. The Kier molecular flexibility index (Phi) is 8.00. The minimum atomic E-state index is 0. The monoisotopic (exact) mass is 290 g/mol. The summed E-state index contributed by atoms with van der Waals surface area (Å²) in [5.41, 5.74) is 1.05. The summed E-state index contributed by atoms with van der Waals surface area (Å²) >= 11 is 5.93. The minimum Gasteiger partial charge on any atom is -0.335 e. The summed E-state index contributed by atoms with van der Waals surface area (Å²) in [4.78, 5) is 13.7. The predicted octanol–water partition coefficient (Wildman–Crippen LogP) is 2.72. The second kappa shape index (κ2) is 8.35. The molecule has 0 aliphatic carbocycles. The van der Waals surface area contributed by atoms with E-state index in [0.29, 0.717) is 18.1 Å². The first-order valence-electron chi connectivity index (χ1n) is 5.73. The second-order valence-corrected chi connectivity index (χ2v) is 4.71. The number of likely N-dealkylation sites (N-methyl/N-ethyl adjacent to an activating group) is 1. The molecule has 0 aliphatic rings. The highest BCUT2D eigenvalue weighted by atomic mass is 35.5. The third-order valence-corrected chi connectivity index (χ3v) is 2.75. The van der Waals surface area contributed by atoms with Crippen molar-refractivity contribution in [3.63, 3.8) is 0 Å². The van der Waals surface area contributed by atoms with Crippen LogP contribution in [0.1, 0.15) is 19.4 Å². The van der Waals surface area contributed by atoms with E-state index < -0.39 is 0 Å². The molecular formula is C13H20Cl2N2O. The first-order chi connectivity index (χ1) is 8.04. The van der Waals surface area contributed by atoms with Gasteiger partial charge >= 0.3 is 0 Å². The number of hydrogen-bond donors (Lipinski definition) is 1. The Morgan fingerprint density at radius 1 is 1.44 bits per heavy atom. The molecule has 0 unspecified atom stereocenters. The predicted molar refractivity (Wildman–Crippen MR) is 78.3 cm³/mol. The van der Waals surface area contributed by atoms with E-state index in [1.165, 1.54) is 0 Å². The third-order valence-electron chi connectivity index (χ3n) is 2.51. The van der Waals surface area contributed by atoms with Crippen molar-refractivity contribution in [2.45, 2.75) is 26.4 Å². The molecule has 1 amide bonds. The molecule has 1 N–H and O–H groups in total. The van der Waals surface area contributed by atoms with E-state index in [4.69, 9.17) is 11.6 Å². The van der Waals surface area contributed by atoms with Crippen LogP contribution in [0.15, 0.2) is 24.3 Å². The average molecular weight is 291 g/mol. The topological polar surface area (TPSA) is 32.3 Å². The van der Waals surface area contributed by atoms with Crippen molar-refractivity contribution in [3.05, 3.63) is 34.9 Å². The Hall–Kier alpha value is -0.770. The number of hydrogen-bond acceptors (Lipinski definition) is 2. The maximum atomic E-state index is 11.9. The number of benzene rings is 1. The van der Waals surface area contributed by atoms with Gasteiger partial charge in [0.15, 0.2) is 0 Å². The molecule has 0 fully saturated rings. The summed E-state index contributed by atoms with van der Waals surface area (Å²) in [7, 11) is 1.77. The lowest BCUT2D eigenvalue weighted by Crippen LogP contribution is -2.41. The Labute approximate surface area is 120 Å². The van der Waals surface area contributed by atoms with Gasteiger partial charge in [0.25, 0.3) is 0 Å². The zero-order valence-corrected chi connectivity index (χ0v) is 12.5. The van der Waals surface area contributed by atoms with E-state index in [1.54, 1.807) is 7.05 Å². The lowest BCUT2D eigenvalue weighted by molar-refractivity contribution is -0.132. The molecule has 0 bridgehead atoms. The van der Waals surface area contributed by atoms with Gasteiger partial charge in [0.1, 0.15) is 0 Å². The molecular weight excluding hydrogens is 271 g/mol. The highest BCUT2D eigenvalue weighted by Crippen LogP contribution is 2.14. The van der Waals surface area contributed by atoms with Crippen LogP contribution in [0.5, 0.6) is 0 Å². The maximum absolute atomic E-state index is 11.9. The molecule has 0 aliphatic heterocycles. The SMILES string of the molecule is CNCC(=O)N(Cc1cccc(Cl)c1)C(C)C.Cl. The van der Waals surface area contributed by atoms with Crippen LogP contribution in [-0.4, -0.2) is 30.4 Å². The van der Waals surface area contributed by atoms with E-state index in [2.05, 4.69) is 5.32 Å². The number of halogens is 2. The number of carbonyl (C=O) groups is 1. The molecule has 1 aromatic carbocycles. The van der Waals surface area contributed by atoms with Crippen molar-refractivity contribution < 1.29 is 4.79 Å². The first kappa shape index (κ1) is 17.2. The van der Waals surface area contributed by atoms with Crippen LogP contribution in [0, 0.1) is 0 Å². The van der Waals surface area contributed by atoms with E-state index in [-0.39, 0.29) is 24.4 Å². The summed E-state index contributed by atoms with van der Waals surface area (Å²) in [5, 5.41) is 3.58. The van der Waals surface area contributed by atoms with Gasteiger partial charge in [-0.2, -0.15) is 0 Å². The first-order valence-corrected chi connectivity index (χ1v) is 6.11. The normalized spacial score (nSPS) is 10.1. The van der Waals surface area contributed by atoms with Gasteiger partial charge in [-0.3, -0.25) is 4.79 Å². The van der Waals surface area contributed by atoms with Crippen LogP contribution in [0.4, 0.5) is 0 Å². The maximum Gasteiger partial charge on any atom is 0.237 e. The van der Waals surface area contributed by atoms with Gasteiger partial charge in [0.05, 0.1) is 6.54 Å². The zero-order chi connectivity index (χ0) is 12.8. The molecule has 0 atom stereocenters. The molecule has 0 heterocycles. The van der Waals surface area contributed by atoms with Crippen LogP contribution in [0.2, 0.25) is 5.02 Å². The number of nitrogens with zero attached hydrogens (tertiary/aromatic N) is 1. The average Bonchev–Trinajstić information content (AvgIpc) is 2.26. The van der Waals surface area contributed by atoms with Crippen molar-refractivity contribution in [3.8, 4) is 0 Å². The Balaban J connectivity index is 0.00000289. The molecule has 0 spiro atoms. The van der Waals surface area contributed by atoms with Crippen LogP contribution in [0.3, 0.4) is 0 Å². The van der Waals surface area contributed by atoms with Crippen molar-refractivity contribution in [1.82, 2.24) is 10.2 Å². The quantitative estimate of drug-likeness (QED) is 0.904. The molecule has 3 nitrogen and oxygen atoms in total. The Morgan fingerprint density at radius 2 is 2.11 bits per heavy atom. The molecule has 0 saturated carbocycles. The molecule has 0 saturated heterocycles. The van der Waals surface area contributed by atoms with Crippen molar-refractivity contribution in [2.24, 2.45) is 0 Å². The summed E-state index contributed by atoms with van der Waals surface area (Å²) in [6, 6.07) is 7.78. The van der Waals surface area contributed by atoms with Gasteiger partial charge in [-0.05, 0) is 38.6 Å². The smallest absolute Gasteiger partial charge is 0.237 e. The summed E-state index contributed by atoms with van der Waals surface area (Å²) in [6.07, 6.45) is 0. The highest BCUT2D eigenvalue weighted by molar-refractivity contribution is 6.30. The Morgan fingerprint density at radius 3 is 2.61 bits per heavy atom. The number of carbonyl (C=O) groups excluding carboxylic acids is 1. The minimum absolute atomic E-state index is 0. The highest BCUT2D eigenvalue weighted by Gasteiger charge is 2.16. The van der Waals surface area contributed by atoms with Gasteiger partial charge in [-0.15, -0.1) is 12.4 Å². The van der Waals surface area contributed by atoms with E-state index in [9.17, 15) is 4.79 Å². The fourth-order valence-electron chi connectivity index (χ4n) is 1.64. The van der Waals surface area contributed by atoms with E-state index in [1.807, 2.05) is 43.0 Å². The number of amides is 1. The molecule has 0 aromatic heterocycles. The molecule has 0 radical (unpaired) electrons. The van der Waals surface area contributed by atoms with Gasteiger partial charge < -0.3 is 10.2 Å². The van der Waals surface area contributed by atoms with Gasteiger partial charge in [-0.1, -0.05) is 23.7 Å². The molecule has 5 heteroatoms. The summed E-state index contributed by atoms with van der Waals surface area (Å²) in [6.45, 7) is 4.98. The molecule has 1 rings (SSSR count). The number of nitrogens with one attached hydrogen (secondary N) is 1. The zero-order valence-electron chi connectivity index (χ0n) is 10.9. The van der Waals surface area contributed by atoms with Crippen molar-refractivity contribution in [1.29, 1.82) is 0 Å². The lowest BCUT2D eigenvalue weighted by Gasteiger charge is -2.27. The van der Waals surface area contributed by atoms with Gasteiger partial charge in [0, 0.05) is 17.6 Å². The van der Waals surface area contributed by atoms with Gasteiger partial charge in [0.2, 0.25) is 5.91 Å². The van der Waals surface area contributed by atoms with Crippen molar-refractivity contribution >= 4 is 29.9 Å². The second-order valence-electron chi connectivity index (χ2n) is 4.28. The lowest BCUT2D eigenvalue weighted by atomic mass is 10.2. The Bertz CT molecular complexity index is 383. The van der Waals surface area contributed by atoms with Gasteiger partial charge in [-0.25, -0.2) is 0 Å². The number of rotatable bonds is 5. The fraction of sp³-hybridized carbons (Fsp3) is 0.462. The van der Waals surface area contributed by atoms with Crippen LogP contribution < -0.4 is 5.32 Å². The fourth-order valence-corrected chi connectivity index (χ4v) is 1.86. The molecule has 1 aromatic rings. The van der Waals surface area contributed by atoms with E-state index >= 15 is 0 Å². The van der Waals surface area contributed by atoms with Crippen LogP contribution in [-0.2, 0) is 11.3 Å².